The quantitative estimate of drug-likeness (QED) is 0.503. The lowest BCUT2D eigenvalue weighted by molar-refractivity contribution is -0.148. The SMILES string of the molecule is CC(C)(CO)CN1C(=O)[C@H](CC(=O)N2CCCC(C(=O)O)C2)O[C@@H](c2cccc3c2OCCO3)c2cc(Cl)ccc21. The standard InChI is InChI=1S/C30H35ClN2O8/c1-30(2,17-34)16-33-22-9-8-19(31)13-21(22)26(20-6-3-7-23-27(20)40-12-11-39-23)41-24(28(33)36)14-25(35)32-10-4-5-18(15-32)29(37)38/h3,6-9,13,18,24,26,34H,4-5,10-12,14-17H2,1-2H3,(H,37,38)/t18?,24-,26-/m0/s1. The van der Waals surface area contributed by atoms with Crippen molar-refractivity contribution in [2.45, 2.75) is 45.3 Å². The molecule has 2 amide bonds. The van der Waals surface area contributed by atoms with Crippen LogP contribution in [-0.4, -0.2) is 78.5 Å². The monoisotopic (exact) mass is 586 g/mol. The fourth-order valence-corrected chi connectivity index (χ4v) is 5.76. The zero-order valence-electron chi connectivity index (χ0n) is 23.2. The predicted molar refractivity (Wildman–Crippen MR) is 150 cm³/mol. The summed E-state index contributed by atoms with van der Waals surface area (Å²) >= 11 is 6.47. The molecule has 3 atom stereocenters. The minimum atomic E-state index is -1.20. The molecule has 0 aromatic heterocycles. The number of likely N-dealkylation sites (tertiary alicyclic amines) is 1. The maximum Gasteiger partial charge on any atom is 0.308 e. The number of aliphatic hydroxyl groups excluding tert-OH is 1. The molecule has 0 spiro atoms. The van der Waals surface area contributed by atoms with Gasteiger partial charge in [0.15, 0.2) is 11.5 Å². The Morgan fingerprint density at radius 2 is 1.90 bits per heavy atom. The number of aliphatic carboxylic acids is 1. The maximum absolute atomic E-state index is 14.2. The molecule has 0 saturated carbocycles. The zero-order valence-corrected chi connectivity index (χ0v) is 23.9. The minimum Gasteiger partial charge on any atom is -0.486 e. The summed E-state index contributed by atoms with van der Waals surface area (Å²) in [7, 11) is 0. The normalized spacial score (nSPS) is 22.6. The Balaban J connectivity index is 1.57. The lowest BCUT2D eigenvalue weighted by atomic mass is 9.92. The van der Waals surface area contributed by atoms with Gasteiger partial charge in [-0.1, -0.05) is 37.6 Å². The number of hydrogen-bond acceptors (Lipinski definition) is 7. The van der Waals surface area contributed by atoms with Crippen LogP contribution < -0.4 is 14.4 Å². The van der Waals surface area contributed by atoms with Crippen LogP contribution >= 0.6 is 11.6 Å². The van der Waals surface area contributed by atoms with Crippen molar-refractivity contribution in [1.29, 1.82) is 0 Å². The van der Waals surface area contributed by atoms with E-state index < -0.39 is 35.4 Å². The van der Waals surface area contributed by atoms with Crippen molar-refractivity contribution in [3.05, 3.63) is 52.5 Å². The Kier molecular flexibility index (Phi) is 8.45. The molecule has 11 heteroatoms. The Labute approximate surface area is 243 Å². The lowest BCUT2D eigenvalue weighted by Crippen LogP contribution is -2.48. The van der Waals surface area contributed by atoms with Gasteiger partial charge in [-0.2, -0.15) is 0 Å². The van der Waals surface area contributed by atoms with Crippen molar-refractivity contribution in [2.75, 3.05) is 44.4 Å². The van der Waals surface area contributed by atoms with Crippen LogP contribution in [0.15, 0.2) is 36.4 Å². The van der Waals surface area contributed by atoms with Gasteiger partial charge in [0, 0.05) is 53.5 Å². The summed E-state index contributed by atoms with van der Waals surface area (Å²) < 4.78 is 18.4. The number of aliphatic hydroxyl groups is 1. The molecule has 10 nitrogen and oxygen atoms in total. The highest BCUT2D eigenvalue weighted by Crippen LogP contribution is 2.46. The molecule has 1 unspecified atom stereocenters. The van der Waals surface area contributed by atoms with Gasteiger partial charge < -0.3 is 34.2 Å². The highest BCUT2D eigenvalue weighted by atomic mass is 35.5. The molecule has 41 heavy (non-hydrogen) atoms. The fraction of sp³-hybridized carbons (Fsp3) is 0.500. The van der Waals surface area contributed by atoms with Crippen LogP contribution in [0, 0.1) is 11.3 Å². The first-order chi connectivity index (χ1) is 19.6. The Morgan fingerprint density at radius 3 is 2.66 bits per heavy atom. The fourth-order valence-electron chi connectivity index (χ4n) is 5.58. The molecular weight excluding hydrogens is 552 g/mol. The van der Waals surface area contributed by atoms with E-state index in [0.717, 1.165) is 0 Å². The molecule has 1 fully saturated rings. The molecular formula is C30H35ClN2O8. The minimum absolute atomic E-state index is 0.0902. The zero-order chi connectivity index (χ0) is 29.3. The first-order valence-corrected chi connectivity index (χ1v) is 14.2. The second-order valence-electron chi connectivity index (χ2n) is 11.5. The van der Waals surface area contributed by atoms with Crippen LogP contribution in [-0.2, 0) is 19.1 Å². The van der Waals surface area contributed by atoms with Crippen LogP contribution in [0.5, 0.6) is 11.5 Å². The molecule has 3 aliphatic rings. The number of nitrogens with zero attached hydrogens (tertiary/aromatic N) is 2. The molecule has 220 valence electrons. The van der Waals surface area contributed by atoms with Crippen molar-refractivity contribution < 1.29 is 38.8 Å². The molecule has 2 aromatic carbocycles. The third-order valence-electron chi connectivity index (χ3n) is 7.78. The summed E-state index contributed by atoms with van der Waals surface area (Å²) in [6.07, 6.45) is -1.23. The molecule has 3 aliphatic heterocycles. The van der Waals surface area contributed by atoms with E-state index in [9.17, 15) is 24.6 Å². The van der Waals surface area contributed by atoms with E-state index in [1.165, 1.54) is 4.90 Å². The van der Waals surface area contributed by atoms with Gasteiger partial charge in [-0.15, -0.1) is 0 Å². The number of amides is 2. The number of anilines is 1. The van der Waals surface area contributed by atoms with Gasteiger partial charge in [0.1, 0.15) is 25.4 Å². The largest absolute Gasteiger partial charge is 0.486 e. The molecule has 0 radical (unpaired) electrons. The third-order valence-corrected chi connectivity index (χ3v) is 8.02. The van der Waals surface area contributed by atoms with Crippen molar-refractivity contribution in [1.82, 2.24) is 4.90 Å². The third kappa shape index (κ3) is 6.14. The number of carbonyl (C=O) groups excluding carboxylic acids is 2. The molecule has 5 rings (SSSR count). The van der Waals surface area contributed by atoms with E-state index in [2.05, 4.69) is 0 Å². The van der Waals surface area contributed by atoms with Crippen molar-refractivity contribution >= 4 is 35.1 Å². The van der Waals surface area contributed by atoms with Gasteiger partial charge in [-0.3, -0.25) is 14.4 Å². The molecule has 2 aromatic rings. The van der Waals surface area contributed by atoms with E-state index in [1.807, 2.05) is 26.0 Å². The van der Waals surface area contributed by atoms with Crippen LogP contribution in [0.25, 0.3) is 0 Å². The number of benzene rings is 2. The molecule has 0 aliphatic carbocycles. The summed E-state index contributed by atoms with van der Waals surface area (Å²) in [4.78, 5) is 42.4. The van der Waals surface area contributed by atoms with E-state index in [0.29, 0.717) is 65.9 Å². The first-order valence-electron chi connectivity index (χ1n) is 13.8. The number of fused-ring (bicyclic) bond motifs is 2. The number of ether oxygens (including phenoxy) is 3. The summed E-state index contributed by atoms with van der Waals surface area (Å²) in [5.74, 6) is -1.32. The number of halogens is 1. The van der Waals surface area contributed by atoms with Crippen molar-refractivity contribution in [2.24, 2.45) is 11.3 Å². The number of para-hydroxylation sites is 1. The van der Waals surface area contributed by atoms with Gasteiger partial charge >= 0.3 is 5.97 Å². The number of rotatable bonds is 7. The Bertz CT molecular complexity index is 1330. The van der Waals surface area contributed by atoms with E-state index in [1.54, 1.807) is 29.2 Å². The number of hydrogen-bond donors (Lipinski definition) is 2. The summed E-state index contributed by atoms with van der Waals surface area (Å²) in [5, 5.41) is 20.0. The van der Waals surface area contributed by atoms with E-state index in [4.69, 9.17) is 25.8 Å². The average Bonchev–Trinajstić information content (AvgIpc) is 3.07. The van der Waals surface area contributed by atoms with Crippen LogP contribution in [0.4, 0.5) is 5.69 Å². The van der Waals surface area contributed by atoms with Crippen LogP contribution in [0.2, 0.25) is 5.02 Å². The van der Waals surface area contributed by atoms with Crippen molar-refractivity contribution in [3.63, 3.8) is 0 Å². The topological polar surface area (TPSA) is 126 Å². The lowest BCUT2D eigenvalue weighted by Gasteiger charge is -2.34. The number of piperidine rings is 1. The summed E-state index contributed by atoms with van der Waals surface area (Å²) in [5.41, 5.74) is 1.13. The molecule has 1 saturated heterocycles. The average molecular weight is 587 g/mol. The van der Waals surface area contributed by atoms with Gasteiger partial charge in [0.05, 0.1) is 12.3 Å². The van der Waals surface area contributed by atoms with Gasteiger partial charge in [-0.25, -0.2) is 0 Å². The first kappa shape index (κ1) is 29.2. The van der Waals surface area contributed by atoms with Gasteiger partial charge in [-0.05, 0) is 37.1 Å². The highest BCUT2D eigenvalue weighted by Gasteiger charge is 2.42. The Morgan fingerprint density at radius 1 is 1.12 bits per heavy atom. The van der Waals surface area contributed by atoms with E-state index >= 15 is 0 Å². The molecule has 0 bridgehead atoms. The number of carboxylic acids is 1. The molecule has 2 N–H and O–H groups in total. The maximum atomic E-state index is 14.2. The predicted octanol–water partition coefficient (Wildman–Crippen LogP) is 3.66. The summed E-state index contributed by atoms with van der Waals surface area (Å²) in [6.45, 7) is 4.93. The van der Waals surface area contributed by atoms with Crippen LogP contribution in [0.1, 0.15) is 50.3 Å². The van der Waals surface area contributed by atoms with Gasteiger partial charge in [0.25, 0.3) is 5.91 Å². The number of carbonyl (C=O) groups is 3. The van der Waals surface area contributed by atoms with Crippen molar-refractivity contribution in [3.8, 4) is 11.5 Å². The highest BCUT2D eigenvalue weighted by molar-refractivity contribution is 6.30. The smallest absolute Gasteiger partial charge is 0.308 e. The second kappa shape index (κ2) is 11.9. The van der Waals surface area contributed by atoms with Crippen LogP contribution in [0.3, 0.4) is 0 Å². The van der Waals surface area contributed by atoms with Gasteiger partial charge in [0.2, 0.25) is 5.91 Å². The summed E-state index contributed by atoms with van der Waals surface area (Å²) in [6, 6.07) is 10.6. The molecule has 3 heterocycles. The second-order valence-corrected chi connectivity index (χ2v) is 12.0. The number of carboxylic acid groups (broad SMARTS) is 1. The van der Waals surface area contributed by atoms with E-state index in [-0.39, 0.29) is 32.0 Å². The Hall–Kier alpha value is -3.34.